The van der Waals surface area contributed by atoms with E-state index in [1.807, 2.05) is 36.4 Å². The van der Waals surface area contributed by atoms with Gasteiger partial charge in [-0.2, -0.15) is 0 Å². The van der Waals surface area contributed by atoms with E-state index in [1.54, 1.807) is 11.3 Å². The van der Waals surface area contributed by atoms with Gasteiger partial charge in [0.1, 0.15) is 5.82 Å². The molecule has 152 valence electrons. The molecule has 4 rings (SSSR count). The van der Waals surface area contributed by atoms with Crippen LogP contribution in [0.1, 0.15) is 30.5 Å². The van der Waals surface area contributed by atoms with Gasteiger partial charge in [0.25, 0.3) is 0 Å². The van der Waals surface area contributed by atoms with Crippen LogP contribution in [-0.4, -0.2) is 4.57 Å². The maximum atomic E-state index is 13.5. The average Bonchev–Trinajstić information content (AvgIpc) is 3.18. The summed E-state index contributed by atoms with van der Waals surface area (Å²) in [5.74, 6) is -0.220. The van der Waals surface area contributed by atoms with E-state index in [1.165, 1.54) is 17.7 Å². The lowest BCUT2D eigenvalue weighted by Crippen LogP contribution is -2.20. The van der Waals surface area contributed by atoms with Gasteiger partial charge in [0.2, 0.25) is 0 Å². The molecule has 0 unspecified atom stereocenters. The van der Waals surface area contributed by atoms with E-state index in [0.717, 1.165) is 40.2 Å². The van der Waals surface area contributed by atoms with Gasteiger partial charge in [-0.15, -0.1) is 11.3 Å². The van der Waals surface area contributed by atoms with Crippen LogP contribution in [0.4, 0.5) is 10.1 Å². The first kappa shape index (κ1) is 20.3. The van der Waals surface area contributed by atoms with Crippen molar-refractivity contribution >= 4 is 17.0 Å². The largest absolute Gasteiger partial charge is 0.314 e. The summed E-state index contributed by atoms with van der Waals surface area (Å²) in [6, 6.07) is 25.7. The summed E-state index contributed by atoms with van der Waals surface area (Å²) in [7, 11) is 0. The van der Waals surface area contributed by atoms with Gasteiger partial charge >= 0.3 is 0 Å². The molecule has 3 aromatic carbocycles. The molecule has 0 aliphatic rings. The molecule has 2 nitrogen and oxygen atoms in total. The third kappa shape index (κ3) is 4.60. The van der Waals surface area contributed by atoms with E-state index >= 15 is 0 Å². The number of para-hydroxylation sites is 1. The van der Waals surface area contributed by atoms with Crippen LogP contribution in [0.15, 0.2) is 89.2 Å². The van der Waals surface area contributed by atoms with Gasteiger partial charge in [0, 0.05) is 11.4 Å². The zero-order valence-electron chi connectivity index (χ0n) is 17.3. The Morgan fingerprint density at radius 2 is 1.63 bits per heavy atom. The second-order valence-corrected chi connectivity index (χ2v) is 8.39. The fraction of sp³-hybridized carbons (Fsp3) is 0.192. The molecule has 0 amide bonds. The number of halogens is 1. The summed E-state index contributed by atoms with van der Waals surface area (Å²) in [5, 5.41) is 2.13. The second kappa shape index (κ2) is 9.23. The fourth-order valence-corrected chi connectivity index (χ4v) is 4.61. The van der Waals surface area contributed by atoms with Gasteiger partial charge in [-0.05, 0) is 73.7 Å². The van der Waals surface area contributed by atoms with Crippen LogP contribution in [0.25, 0.3) is 11.3 Å². The average molecular weight is 417 g/mol. The Bertz CT molecular complexity index is 1170. The first-order valence-corrected chi connectivity index (χ1v) is 11.1. The van der Waals surface area contributed by atoms with E-state index in [4.69, 9.17) is 4.99 Å². The molecule has 0 aliphatic heterocycles. The summed E-state index contributed by atoms with van der Waals surface area (Å²) < 4.78 is 15.8. The Morgan fingerprint density at radius 1 is 0.933 bits per heavy atom. The smallest absolute Gasteiger partial charge is 0.190 e. The maximum absolute atomic E-state index is 13.5. The van der Waals surface area contributed by atoms with Crippen molar-refractivity contribution in [1.82, 2.24) is 4.57 Å². The van der Waals surface area contributed by atoms with E-state index in [-0.39, 0.29) is 11.9 Å². The highest BCUT2D eigenvalue weighted by atomic mass is 32.1. The maximum Gasteiger partial charge on any atom is 0.190 e. The van der Waals surface area contributed by atoms with Crippen LogP contribution in [0.2, 0.25) is 0 Å². The molecule has 30 heavy (non-hydrogen) atoms. The SMILES string of the molecule is Cc1ccccc1N=c1scc(-c2ccc(F)cc2)n1[C@@H](C)CCc1ccccc1. The summed E-state index contributed by atoms with van der Waals surface area (Å²) >= 11 is 1.63. The van der Waals surface area contributed by atoms with Crippen LogP contribution in [0.5, 0.6) is 0 Å². The number of aromatic nitrogens is 1. The number of nitrogens with zero attached hydrogens (tertiary/aromatic N) is 2. The van der Waals surface area contributed by atoms with Gasteiger partial charge in [-0.1, -0.05) is 48.5 Å². The number of aryl methyl sites for hydroxylation is 2. The van der Waals surface area contributed by atoms with Crippen LogP contribution in [0, 0.1) is 12.7 Å². The van der Waals surface area contributed by atoms with Crippen LogP contribution >= 0.6 is 11.3 Å². The number of hydrogen-bond donors (Lipinski definition) is 0. The third-order valence-electron chi connectivity index (χ3n) is 5.35. The Labute approximate surface area is 181 Å². The Hall–Kier alpha value is -2.98. The third-order valence-corrected chi connectivity index (χ3v) is 6.19. The summed E-state index contributed by atoms with van der Waals surface area (Å²) in [4.78, 5) is 5.95. The molecule has 1 atom stereocenters. The van der Waals surface area contributed by atoms with Crippen molar-refractivity contribution in [2.24, 2.45) is 4.99 Å². The van der Waals surface area contributed by atoms with Gasteiger partial charge in [0.15, 0.2) is 4.80 Å². The molecule has 0 spiro atoms. The van der Waals surface area contributed by atoms with Crippen molar-refractivity contribution in [2.45, 2.75) is 32.7 Å². The van der Waals surface area contributed by atoms with E-state index < -0.39 is 0 Å². The standard InChI is InChI=1S/C26H25FN2S/c1-19-8-6-7-11-24(19)28-26-29(20(2)12-13-21-9-4-3-5-10-21)25(18-30-26)22-14-16-23(27)17-15-22/h3-11,14-18,20H,12-13H2,1-2H3/t20-/m0/s1. The molecule has 0 N–H and O–H groups in total. The molecule has 0 saturated heterocycles. The molecule has 0 saturated carbocycles. The van der Waals surface area contributed by atoms with Crippen molar-refractivity contribution in [3.63, 3.8) is 0 Å². The molecule has 1 aromatic heterocycles. The predicted molar refractivity (Wildman–Crippen MR) is 124 cm³/mol. The summed E-state index contributed by atoms with van der Waals surface area (Å²) in [6.07, 6.45) is 1.99. The quantitative estimate of drug-likeness (QED) is 0.319. The van der Waals surface area contributed by atoms with Crippen LogP contribution < -0.4 is 4.80 Å². The Kier molecular flexibility index (Phi) is 6.24. The second-order valence-electron chi connectivity index (χ2n) is 7.55. The first-order chi connectivity index (χ1) is 14.6. The highest BCUT2D eigenvalue weighted by Gasteiger charge is 2.15. The molecule has 4 heteroatoms. The van der Waals surface area contributed by atoms with Crippen molar-refractivity contribution < 1.29 is 4.39 Å². The molecule has 4 aromatic rings. The summed E-state index contributed by atoms with van der Waals surface area (Å²) in [6.45, 7) is 4.32. The topological polar surface area (TPSA) is 17.3 Å². The molecule has 0 bridgehead atoms. The molecular weight excluding hydrogens is 391 g/mol. The van der Waals surface area contributed by atoms with Crippen molar-refractivity contribution in [3.8, 4) is 11.3 Å². The van der Waals surface area contributed by atoms with Crippen LogP contribution in [-0.2, 0) is 6.42 Å². The number of hydrogen-bond acceptors (Lipinski definition) is 2. The minimum Gasteiger partial charge on any atom is -0.314 e. The molecular formula is C26H25FN2S. The molecule has 0 radical (unpaired) electrons. The predicted octanol–water partition coefficient (Wildman–Crippen LogP) is 7.09. The van der Waals surface area contributed by atoms with Gasteiger partial charge in [-0.25, -0.2) is 9.38 Å². The minimum absolute atomic E-state index is 0.220. The number of benzene rings is 3. The normalized spacial score (nSPS) is 12.8. The van der Waals surface area contributed by atoms with Crippen molar-refractivity contribution in [3.05, 3.63) is 106 Å². The van der Waals surface area contributed by atoms with Crippen LogP contribution in [0.3, 0.4) is 0 Å². The minimum atomic E-state index is -0.220. The van der Waals surface area contributed by atoms with Crippen molar-refractivity contribution in [1.29, 1.82) is 0 Å². The lowest BCUT2D eigenvalue weighted by atomic mass is 10.1. The zero-order valence-corrected chi connectivity index (χ0v) is 18.1. The Morgan fingerprint density at radius 3 is 2.37 bits per heavy atom. The van der Waals surface area contributed by atoms with E-state index in [0.29, 0.717) is 0 Å². The molecule has 1 heterocycles. The van der Waals surface area contributed by atoms with E-state index in [2.05, 4.69) is 54.1 Å². The summed E-state index contributed by atoms with van der Waals surface area (Å²) in [5.41, 5.74) is 5.55. The highest BCUT2D eigenvalue weighted by molar-refractivity contribution is 7.07. The monoisotopic (exact) mass is 416 g/mol. The lowest BCUT2D eigenvalue weighted by Gasteiger charge is -2.18. The van der Waals surface area contributed by atoms with Crippen molar-refractivity contribution in [2.75, 3.05) is 0 Å². The van der Waals surface area contributed by atoms with E-state index in [9.17, 15) is 4.39 Å². The van der Waals surface area contributed by atoms with Gasteiger partial charge < -0.3 is 4.57 Å². The number of thiazole rings is 1. The molecule has 0 fully saturated rings. The number of rotatable bonds is 6. The molecule has 0 aliphatic carbocycles. The first-order valence-electron chi connectivity index (χ1n) is 10.2. The van der Waals surface area contributed by atoms with Gasteiger partial charge in [-0.3, -0.25) is 0 Å². The fourth-order valence-electron chi connectivity index (χ4n) is 3.60. The van der Waals surface area contributed by atoms with Gasteiger partial charge in [0.05, 0.1) is 11.4 Å². The lowest BCUT2D eigenvalue weighted by molar-refractivity contribution is 0.501. The zero-order chi connectivity index (χ0) is 20.9. The Balaban J connectivity index is 1.75. The highest BCUT2D eigenvalue weighted by Crippen LogP contribution is 2.27.